The minimum atomic E-state index is -0.305. The van der Waals surface area contributed by atoms with Crippen LogP contribution in [0.1, 0.15) is 21.5 Å². The highest BCUT2D eigenvalue weighted by molar-refractivity contribution is 5.95. The molecule has 0 aromatic heterocycles. The van der Waals surface area contributed by atoms with E-state index in [-0.39, 0.29) is 11.7 Å². The van der Waals surface area contributed by atoms with Crippen LogP contribution in [0.25, 0.3) is 0 Å². The summed E-state index contributed by atoms with van der Waals surface area (Å²) in [6.07, 6.45) is 1.47. The monoisotopic (exact) mass is 256 g/mol. The predicted molar refractivity (Wildman–Crippen MR) is 72.6 cm³/mol. The molecule has 1 N–H and O–H groups in total. The van der Waals surface area contributed by atoms with Crippen molar-refractivity contribution >= 4 is 12.1 Å². The van der Waals surface area contributed by atoms with Gasteiger partial charge >= 0.3 is 0 Å². The number of rotatable bonds is 3. The van der Waals surface area contributed by atoms with Gasteiger partial charge in [-0.15, -0.1) is 0 Å². The number of aryl methyl sites for hydroxylation is 1. The molecular weight excluding hydrogens is 243 g/mol. The van der Waals surface area contributed by atoms with E-state index < -0.39 is 0 Å². The van der Waals surface area contributed by atoms with Gasteiger partial charge in [-0.2, -0.15) is 5.10 Å². The number of nitrogens with one attached hydrogen (secondary N) is 1. The lowest BCUT2D eigenvalue weighted by molar-refractivity contribution is 0.0955. The number of amides is 1. The molecule has 2 rings (SSSR count). The average Bonchev–Trinajstić information content (AvgIpc) is 2.41. The molecule has 0 aliphatic heterocycles. The van der Waals surface area contributed by atoms with Crippen LogP contribution >= 0.6 is 0 Å². The molecule has 0 aliphatic carbocycles. The van der Waals surface area contributed by atoms with Gasteiger partial charge in [0.2, 0.25) is 0 Å². The maximum Gasteiger partial charge on any atom is 0.271 e. The standard InChI is InChI=1S/C15H13FN2O/c1-11-3-2-4-13(9-11)15(19)18-17-10-12-5-7-14(16)8-6-12/h2-10H,1H3,(H,18,19). The summed E-state index contributed by atoms with van der Waals surface area (Å²) in [5.74, 6) is -0.581. The Bertz CT molecular complexity index is 606. The maximum atomic E-state index is 12.7. The average molecular weight is 256 g/mol. The van der Waals surface area contributed by atoms with Gasteiger partial charge < -0.3 is 0 Å². The summed E-state index contributed by atoms with van der Waals surface area (Å²) in [7, 11) is 0. The fourth-order valence-corrected chi connectivity index (χ4v) is 1.57. The molecule has 0 unspecified atom stereocenters. The summed E-state index contributed by atoms with van der Waals surface area (Å²) in [6, 6.07) is 13.1. The third-order valence-corrected chi connectivity index (χ3v) is 2.53. The zero-order chi connectivity index (χ0) is 13.7. The van der Waals surface area contributed by atoms with Crippen molar-refractivity contribution in [2.24, 2.45) is 5.10 Å². The summed E-state index contributed by atoms with van der Waals surface area (Å²) in [5.41, 5.74) is 4.70. The van der Waals surface area contributed by atoms with Crippen LogP contribution in [0.3, 0.4) is 0 Å². The number of nitrogens with zero attached hydrogens (tertiary/aromatic N) is 1. The van der Waals surface area contributed by atoms with Crippen molar-refractivity contribution in [3.05, 3.63) is 71.0 Å². The summed E-state index contributed by atoms with van der Waals surface area (Å²) in [5, 5.41) is 3.83. The molecule has 0 fully saturated rings. The minimum Gasteiger partial charge on any atom is -0.267 e. The number of benzene rings is 2. The molecule has 0 heterocycles. The minimum absolute atomic E-state index is 0.276. The second-order valence-electron chi connectivity index (χ2n) is 4.12. The second kappa shape index (κ2) is 5.91. The van der Waals surface area contributed by atoms with Gasteiger partial charge in [0, 0.05) is 5.56 Å². The van der Waals surface area contributed by atoms with Crippen LogP contribution in [-0.4, -0.2) is 12.1 Å². The Morgan fingerprint density at radius 2 is 1.95 bits per heavy atom. The van der Waals surface area contributed by atoms with Gasteiger partial charge in [-0.3, -0.25) is 4.79 Å². The van der Waals surface area contributed by atoms with Crippen LogP contribution in [-0.2, 0) is 0 Å². The van der Waals surface area contributed by atoms with E-state index in [0.717, 1.165) is 5.56 Å². The molecule has 0 atom stereocenters. The first-order chi connectivity index (χ1) is 9.15. The second-order valence-corrected chi connectivity index (χ2v) is 4.12. The van der Waals surface area contributed by atoms with Gasteiger partial charge in [0.15, 0.2) is 0 Å². The van der Waals surface area contributed by atoms with Crippen molar-refractivity contribution in [3.8, 4) is 0 Å². The molecule has 2 aromatic rings. The summed E-state index contributed by atoms with van der Waals surface area (Å²) in [4.78, 5) is 11.8. The highest BCUT2D eigenvalue weighted by Crippen LogP contribution is 2.03. The molecule has 0 saturated heterocycles. The first kappa shape index (κ1) is 13.0. The van der Waals surface area contributed by atoms with E-state index in [1.165, 1.54) is 18.3 Å². The summed E-state index contributed by atoms with van der Waals surface area (Å²) >= 11 is 0. The molecule has 0 radical (unpaired) electrons. The Hall–Kier alpha value is -2.49. The molecule has 0 aliphatic rings. The Morgan fingerprint density at radius 3 is 2.63 bits per heavy atom. The van der Waals surface area contributed by atoms with Gasteiger partial charge in [0.25, 0.3) is 5.91 Å². The van der Waals surface area contributed by atoms with Gasteiger partial charge in [0.1, 0.15) is 5.82 Å². The van der Waals surface area contributed by atoms with Crippen molar-refractivity contribution in [2.45, 2.75) is 6.92 Å². The van der Waals surface area contributed by atoms with Crippen molar-refractivity contribution in [3.63, 3.8) is 0 Å². The lowest BCUT2D eigenvalue weighted by Crippen LogP contribution is -2.17. The van der Waals surface area contributed by atoms with E-state index >= 15 is 0 Å². The number of hydrogen-bond acceptors (Lipinski definition) is 2. The van der Waals surface area contributed by atoms with Crippen molar-refractivity contribution in [1.29, 1.82) is 0 Å². The SMILES string of the molecule is Cc1cccc(C(=O)NN=Cc2ccc(F)cc2)c1. The van der Waals surface area contributed by atoms with Gasteiger partial charge in [-0.25, -0.2) is 9.82 Å². The van der Waals surface area contributed by atoms with Crippen LogP contribution in [0.4, 0.5) is 4.39 Å². The van der Waals surface area contributed by atoms with E-state index in [0.29, 0.717) is 11.1 Å². The van der Waals surface area contributed by atoms with Crippen LogP contribution in [0.2, 0.25) is 0 Å². The van der Waals surface area contributed by atoms with E-state index in [2.05, 4.69) is 10.5 Å². The number of hydrogen-bond donors (Lipinski definition) is 1. The largest absolute Gasteiger partial charge is 0.271 e. The lowest BCUT2D eigenvalue weighted by Gasteiger charge is -2.00. The maximum absolute atomic E-state index is 12.7. The van der Waals surface area contributed by atoms with Crippen LogP contribution in [0, 0.1) is 12.7 Å². The molecular formula is C15H13FN2O. The Kier molecular flexibility index (Phi) is 4.03. The van der Waals surface area contributed by atoms with E-state index in [1.807, 2.05) is 19.1 Å². The molecule has 2 aromatic carbocycles. The molecule has 96 valence electrons. The van der Waals surface area contributed by atoms with E-state index in [1.54, 1.807) is 24.3 Å². The zero-order valence-corrected chi connectivity index (χ0v) is 10.4. The number of carbonyl (C=O) groups excluding carboxylic acids is 1. The summed E-state index contributed by atoms with van der Waals surface area (Å²) < 4.78 is 12.7. The highest BCUT2D eigenvalue weighted by Gasteiger charge is 2.02. The Balaban J connectivity index is 1.98. The van der Waals surface area contributed by atoms with Crippen LogP contribution in [0.5, 0.6) is 0 Å². The Labute approximate surface area is 110 Å². The highest BCUT2D eigenvalue weighted by atomic mass is 19.1. The molecule has 1 amide bonds. The first-order valence-electron chi connectivity index (χ1n) is 5.81. The van der Waals surface area contributed by atoms with E-state index in [9.17, 15) is 9.18 Å². The Morgan fingerprint density at radius 1 is 1.21 bits per heavy atom. The molecule has 19 heavy (non-hydrogen) atoms. The van der Waals surface area contributed by atoms with Gasteiger partial charge in [0.05, 0.1) is 6.21 Å². The van der Waals surface area contributed by atoms with Gasteiger partial charge in [-0.1, -0.05) is 29.8 Å². The van der Waals surface area contributed by atoms with Crippen LogP contribution < -0.4 is 5.43 Å². The molecule has 0 bridgehead atoms. The summed E-state index contributed by atoms with van der Waals surface area (Å²) in [6.45, 7) is 1.92. The number of carbonyl (C=O) groups is 1. The van der Waals surface area contributed by atoms with Crippen LogP contribution in [0.15, 0.2) is 53.6 Å². The number of hydrazone groups is 1. The lowest BCUT2D eigenvalue weighted by atomic mass is 10.1. The van der Waals surface area contributed by atoms with Crippen molar-refractivity contribution < 1.29 is 9.18 Å². The number of halogens is 1. The smallest absolute Gasteiger partial charge is 0.267 e. The predicted octanol–water partition coefficient (Wildman–Crippen LogP) is 2.90. The fourth-order valence-electron chi connectivity index (χ4n) is 1.57. The first-order valence-corrected chi connectivity index (χ1v) is 5.81. The molecule has 0 spiro atoms. The van der Waals surface area contributed by atoms with Crippen molar-refractivity contribution in [1.82, 2.24) is 5.43 Å². The zero-order valence-electron chi connectivity index (χ0n) is 10.4. The third-order valence-electron chi connectivity index (χ3n) is 2.53. The topological polar surface area (TPSA) is 41.5 Å². The third kappa shape index (κ3) is 3.74. The molecule has 4 heteroatoms. The normalized spacial score (nSPS) is 10.6. The fraction of sp³-hybridized carbons (Fsp3) is 0.0667. The quantitative estimate of drug-likeness (QED) is 0.665. The van der Waals surface area contributed by atoms with Gasteiger partial charge in [-0.05, 0) is 36.8 Å². The molecule has 3 nitrogen and oxygen atoms in total. The molecule has 0 saturated carbocycles. The van der Waals surface area contributed by atoms with Crippen molar-refractivity contribution in [2.75, 3.05) is 0 Å². The van der Waals surface area contributed by atoms with E-state index in [4.69, 9.17) is 0 Å².